The van der Waals surface area contributed by atoms with Gasteiger partial charge in [0.05, 0.1) is 37.1 Å². The molecule has 2 aromatic rings. The molecule has 0 saturated carbocycles. The van der Waals surface area contributed by atoms with Crippen molar-refractivity contribution in [1.29, 1.82) is 0 Å². The number of amides is 1. The summed E-state index contributed by atoms with van der Waals surface area (Å²) in [7, 11) is 3.73. The Hall–Kier alpha value is -4.03. The van der Waals surface area contributed by atoms with Crippen molar-refractivity contribution < 1.29 is 53.1 Å². The lowest BCUT2D eigenvalue weighted by Gasteiger charge is -2.47. The Kier molecular flexibility index (Phi) is 16.1. The summed E-state index contributed by atoms with van der Waals surface area (Å²) in [6, 6.07) is 8.98. The summed E-state index contributed by atoms with van der Waals surface area (Å²) in [6.45, 7) is 14.8. The zero-order valence-corrected chi connectivity index (χ0v) is 37.4. The van der Waals surface area contributed by atoms with Gasteiger partial charge >= 0.3 is 5.97 Å². The van der Waals surface area contributed by atoms with Crippen LogP contribution in [0.1, 0.15) is 87.1 Å². The number of ether oxygens (including phenoxy) is 5. The number of rotatable bonds is 8. The van der Waals surface area contributed by atoms with Crippen LogP contribution in [0.4, 0.5) is 0 Å². The number of benzene rings is 1. The van der Waals surface area contributed by atoms with Crippen LogP contribution in [0.5, 0.6) is 0 Å². The number of hydrogen-bond acceptors (Lipinski definition) is 15. The van der Waals surface area contributed by atoms with E-state index in [1.807, 2.05) is 64.0 Å². The molecule has 61 heavy (non-hydrogen) atoms. The van der Waals surface area contributed by atoms with Gasteiger partial charge in [-0.3, -0.25) is 14.4 Å². The van der Waals surface area contributed by atoms with Crippen LogP contribution < -0.4 is 0 Å². The first-order chi connectivity index (χ1) is 28.8. The molecule has 5 rings (SSSR count). The van der Waals surface area contributed by atoms with Crippen molar-refractivity contribution in [3.05, 3.63) is 48.3 Å². The molecule has 3 fully saturated rings. The number of carbonyl (C=O) groups is 3. The zero-order chi connectivity index (χ0) is 44.8. The number of esters is 1. The number of aliphatic hydroxyl groups is 2. The molecule has 2 N–H and O–H groups in total. The molecule has 1 aromatic carbocycles. The van der Waals surface area contributed by atoms with Gasteiger partial charge in [0.1, 0.15) is 36.0 Å². The summed E-state index contributed by atoms with van der Waals surface area (Å²) in [4.78, 5) is 62.2. The van der Waals surface area contributed by atoms with Gasteiger partial charge in [-0.15, -0.1) is 0 Å². The molecule has 0 radical (unpaired) electrons. The number of likely N-dealkylation sites (N-methyl/N-ethyl adjacent to an activating group) is 1. The van der Waals surface area contributed by atoms with Crippen LogP contribution in [-0.4, -0.2) is 136 Å². The third-order valence-corrected chi connectivity index (χ3v) is 12.3. The average molecular weight is 852 g/mol. The first-order valence-electron chi connectivity index (χ1n) is 21.3. The smallest absolute Gasteiger partial charge is 0.316 e. The Morgan fingerprint density at radius 1 is 1.02 bits per heavy atom. The lowest BCUT2D eigenvalue weighted by atomic mass is 9.73. The van der Waals surface area contributed by atoms with Crippen LogP contribution in [0.2, 0.25) is 0 Å². The van der Waals surface area contributed by atoms with Gasteiger partial charge in [0.25, 0.3) is 0 Å². The molecule has 3 aliphatic rings. The van der Waals surface area contributed by atoms with Crippen molar-refractivity contribution >= 4 is 29.1 Å². The fraction of sp³-hybridized carbons (Fsp3) is 0.667. The summed E-state index contributed by atoms with van der Waals surface area (Å²) in [6.07, 6.45) is -1.77. The Balaban J connectivity index is 1.63. The van der Waals surface area contributed by atoms with Crippen molar-refractivity contribution in [2.75, 3.05) is 27.3 Å². The van der Waals surface area contributed by atoms with E-state index in [9.17, 15) is 24.6 Å². The number of nitrogens with zero attached hydrogens (tertiary/aromatic N) is 5. The van der Waals surface area contributed by atoms with Crippen LogP contribution in [-0.2, 0) is 49.5 Å². The maximum absolute atomic E-state index is 14.5. The molecule has 16 nitrogen and oxygen atoms in total. The Labute approximate surface area is 359 Å². The summed E-state index contributed by atoms with van der Waals surface area (Å²) in [5.41, 5.74) is -0.888. The number of cyclic esters (lactones) is 1. The number of carbonyl (C=O) groups excluding carboxylic acids is 3. The highest BCUT2D eigenvalue weighted by atomic mass is 16.7. The second-order valence-corrected chi connectivity index (χ2v) is 17.6. The Bertz CT molecular complexity index is 1880. The topological polar surface area (TPSA) is 201 Å². The first-order valence-corrected chi connectivity index (χ1v) is 21.3. The molecule has 3 aliphatic heterocycles. The normalized spacial score (nSPS) is 37.1. The Morgan fingerprint density at radius 2 is 1.69 bits per heavy atom. The lowest BCUT2D eigenvalue weighted by Crippen LogP contribution is -2.60. The summed E-state index contributed by atoms with van der Waals surface area (Å²) in [5, 5.41) is 28.6. The number of aliphatic hydroxyl groups excluding tert-OH is 1. The fourth-order valence-corrected chi connectivity index (χ4v) is 9.00. The molecule has 336 valence electrons. The summed E-state index contributed by atoms with van der Waals surface area (Å²) < 4.78 is 32.5. The monoisotopic (exact) mass is 851 g/mol. The summed E-state index contributed by atoms with van der Waals surface area (Å²) in [5.74, 6) is -4.74. The van der Waals surface area contributed by atoms with Crippen LogP contribution in [0, 0.1) is 23.7 Å². The van der Waals surface area contributed by atoms with E-state index in [1.54, 1.807) is 39.2 Å². The SMILES string of the molecule is CC[C@H]1OC(=O)[C@H](C)C(=O)[C@H](C)[C@@H](O[C@@H]2O[C@H](C)C[C@H](N(C)C)[C@H]2O)[C@@]2(C)C[C@@H](C)C(=NC(C)=O)[C@H](C)[C@H](OC/C(=N\OCc3ccc(-c4ncccn4)cc3)CO2)[C@]1(C)O. The van der Waals surface area contributed by atoms with Gasteiger partial charge in [-0.25, -0.2) is 15.0 Å². The molecular weight excluding hydrogens is 787 g/mol. The molecule has 2 bridgehead atoms. The third-order valence-electron chi connectivity index (χ3n) is 12.3. The average Bonchev–Trinajstić information content (AvgIpc) is 3.23. The van der Waals surface area contributed by atoms with Crippen LogP contribution >= 0.6 is 0 Å². The molecule has 13 atom stereocenters. The van der Waals surface area contributed by atoms with Crippen molar-refractivity contribution in [1.82, 2.24) is 14.9 Å². The second-order valence-electron chi connectivity index (χ2n) is 17.6. The van der Waals surface area contributed by atoms with Gasteiger partial charge in [0, 0.05) is 48.5 Å². The van der Waals surface area contributed by atoms with Gasteiger partial charge in [-0.1, -0.05) is 57.1 Å². The van der Waals surface area contributed by atoms with Gasteiger partial charge in [-0.2, -0.15) is 0 Å². The van der Waals surface area contributed by atoms with Gasteiger partial charge in [-0.05, 0) is 78.6 Å². The van der Waals surface area contributed by atoms with Gasteiger partial charge in [0.15, 0.2) is 17.9 Å². The number of aliphatic imine (C=N–C) groups is 1. The molecule has 1 aromatic heterocycles. The molecular formula is C45H65N5O11. The second kappa shape index (κ2) is 20.4. The minimum Gasteiger partial charge on any atom is -0.459 e. The number of hydrogen-bond donors (Lipinski definition) is 2. The van der Waals surface area contributed by atoms with E-state index in [0.717, 1.165) is 11.1 Å². The molecule has 0 aliphatic carbocycles. The van der Waals surface area contributed by atoms with E-state index in [0.29, 0.717) is 23.7 Å². The minimum atomic E-state index is -1.85. The molecule has 0 unspecified atom stereocenters. The summed E-state index contributed by atoms with van der Waals surface area (Å²) >= 11 is 0. The first kappa shape index (κ1) is 48.0. The van der Waals surface area contributed by atoms with Crippen LogP contribution in [0.25, 0.3) is 11.4 Å². The van der Waals surface area contributed by atoms with E-state index in [-0.39, 0.29) is 44.8 Å². The maximum atomic E-state index is 14.5. The molecule has 3 saturated heterocycles. The molecule has 4 heterocycles. The van der Waals surface area contributed by atoms with E-state index in [2.05, 4.69) is 20.1 Å². The maximum Gasteiger partial charge on any atom is 0.316 e. The van der Waals surface area contributed by atoms with E-state index in [4.69, 9.17) is 28.5 Å². The molecule has 1 amide bonds. The Morgan fingerprint density at radius 3 is 2.31 bits per heavy atom. The number of aromatic nitrogens is 2. The molecule has 16 heteroatoms. The van der Waals surface area contributed by atoms with Crippen molar-refractivity contribution in [2.24, 2.45) is 33.8 Å². The zero-order valence-electron chi connectivity index (χ0n) is 37.4. The van der Waals surface area contributed by atoms with Crippen molar-refractivity contribution in [3.63, 3.8) is 0 Å². The predicted octanol–water partition coefficient (Wildman–Crippen LogP) is 4.58. The highest BCUT2D eigenvalue weighted by Gasteiger charge is 2.53. The van der Waals surface area contributed by atoms with E-state index < -0.39 is 83.2 Å². The number of oxime groups is 1. The van der Waals surface area contributed by atoms with Gasteiger partial charge in [0.2, 0.25) is 5.91 Å². The third kappa shape index (κ3) is 11.3. The number of fused-ring (bicyclic) bond motifs is 5. The minimum absolute atomic E-state index is 0.0891. The van der Waals surface area contributed by atoms with Crippen LogP contribution in [0.3, 0.4) is 0 Å². The highest BCUT2D eigenvalue weighted by Crippen LogP contribution is 2.40. The standard InChI is InChI=1S/C45H65N5O11/c1-12-35-45(9,55)40-27(4)36(48-30(7)51)25(2)21-44(8,57-24-33(23-56-40)49-58-22-31-14-16-32(17-15-31)41-46-18-13-19-47-41)39(28(5)37(52)29(6)42(54)60-35)61-43-38(53)34(50(10)11)20-26(3)59-43/h13-19,25-29,34-35,38-40,43,53,55H,12,20-24H2,1-11H3/b48-36?,49-33+/t25-,26-,27+,28+,29-,34+,35-,38-,39-,40+,43+,44-,45-/m1/s1. The lowest BCUT2D eigenvalue weighted by molar-refractivity contribution is -0.296. The van der Waals surface area contributed by atoms with Crippen LogP contribution in [0.15, 0.2) is 52.9 Å². The largest absolute Gasteiger partial charge is 0.459 e. The predicted molar refractivity (Wildman–Crippen MR) is 226 cm³/mol. The fourth-order valence-electron chi connectivity index (χ4n) is 9.00. The van der Waals surface area contributed by atoms with E-state index in [1.165, 1.54) is 20.8 Å². The quantitative estimate of drug-likeness (QED) is 0.212. The number of ketones is 1. The van der Waals surface area contributed by atoms with E-state index >= 15 is 0 Å². The van der Waals surface area contributed by atoms with Crippen molar-refractivity contribution in [3.8, 4) is 11.4 Å². The van der Waals surface area contributed by atoms with Crippen molar-refractivity contribution in [2.45, 2.75) is 142 Å². The van der Waals surface area contributed by atoms with Gasteiger partial charge < -0.3 is 43.6 Å². The highest BCUT2D eigenvalue weighted by molar-refractivity contribution is 6.00. The number of Topliss-reactive ketones (excluding diaryl/α,β-unsaturated/α-hetero) is 1. The molecule has 0 spiro atoms.